The zero-order valence-electron chi connectivity index (χ0n) is 12.6. The fourth-order valence-corrected chi connectivity index (χ4v) is 2.63. The van der Waals surface area contributed by atoms with E-state index >= 15 is 0 Å². The summed E-state index contributed by atoms with van der Waals surface area (Å²) in [4.78, 5) is 6.89. The van der Waals surface area contributed by atoms with Gasteiger partial charge in [0.25, 0.3) is 0 Å². The van der Waals surface area contributed by atoms with Crippen LogP contribution in [-0.4, -0.2) is 28.3 Å². The summed E-state index contributed by atoms with van der Waals surface area (Å²) in [7, 11) is 0. The molecular formula is C16H21N5. The normalized spacial score (nSPS) is 15.0. The SMILES string of the molecule is Cc1cccc(Nc2nncc(N3CCCCC3)n2)c1C. The van der Waals surface area contributed by atoms with E-state index in [1.54, 1.807) is 6.20 Å². The second-order valence-corrected chi connectivity index (χ2v) is 5.56. The predicted octanol–water partition coefficient (Wildman–Crippen LogP) is 3.22. The number of nitrogens with zero attached hydrogens (tertiary/aromatic N) is 4. The quantitative estimate of drug-likeness (QED) is 0.937. The third-order valence-electron chi connectivity index (χ3n) is 4.08. The molecule has 0 atom stereocenters. The first-order valence-electron chi connectivity index (χ1n) is 7.52. The number of nitrogens with one attached hydrogen (secondary N) is 1. The van der Waals surface area contributed by atoms with Gasteiger partial charge < -0.3 is 10.2 Å². The molecule has 0 amide bonds. The predicted molar refractivity (Wildman–Crippen MR) is 85.1 cm³/mol. The Kier molecular flexibility index (Phi) is 3.99. The van der Waals surface area contributed by atoms with E-state index in [0.717, 1.165) is 24.6 Å². The Labute approximate surface area is 125 Å². The summed E-state index contributed by atoms with van der Waals surface area (Å²) in [5.41, 5.74) is 3.50. The van der Waals surface area contributed by atoms with Crippen molar-refractivity contribution >= 4 is 17.5 Å². The molecule has 5 heteroatoms. The van der Waals surface area contributed by atoms with Crippen LogP contribution in [0.3, 0.4) is 0 Å². The molecule has 3 rings (SSSR count). The molecule has 0 radical (unpaired) electrons. The molecule has 2 aromatic rings. The smallest absolute Gasteiger partial charge is 0.249 e. The first-order chi connectivity index (χ1) is 10.2. The number of benzene rings is 1. The molecule has 0 spiro atoms. The maximum absolute atomic E-state index is 4.60. The monoisotopic (exact) mass is 283 g/mol. The van der Waals surface area contributed by atoms with Gasteiger partial charge in [-0.25, -0.2) is 0 Å². The van der Waals surface area contributed by atoms with Crippen LogP contribution in [-0.2, 0) is 0 Å². The van der Waals surface area contributed by atoms with Crippen molar-refractivity contribution in [3.05, 3.63) is 35.5 Å². The highest BCUT2D eigenvalue weighted by molar-refractivity contribution is 5.60. The van der Waals surface area contributed by atoms with Crippen molar-refractivity contribution in [3.8, 4) is 0 Å². The van der Waals surface area contributed by atoms with Crippen LogP contribution in [0.4, 0.5) is 17.5 Å². The van der Waals surface area contributed by atoms with Gasteiger partial charge in [-0.1, -0.05) is 12.1 Å². The van der Waals surface area contributed by atoms with Gasteiger partial charge in [0, 0.05) is 18.8 Å². The molecule has 1 N–H and O–H groups in total. The van der Waals surface area contributed by atoms with Crippen molar-refractivity contribution < 1.29 is 0 Å². The van der Waals surface area contributed by atoms with E-state index in [2.05, 4.69) is 45.3 Å². The van der Waals surface area contributed by atoms with Gasteiger partial charge in [0.15, 0.2) is 5.82 Å². The highest BCUT2D eigenvalue weighted by Gasteiger charge is 2.13. The third-order valence-corrected chi connectivity index (χ3v) is 4.08. The molecule has 2 heterocycles. The molecule has 1 fully saturated rings. The van der Waals surface area contributed by atoms with Gasteiger partial charge in [-0.15, -0.1) is 5.10 Å². The van der Waals surface area contributed by atoms with E-state index in [4.69, 9.17) is 0 Å². The number of hydrogen-bond acceptors (Lipinski definition) is 5. The molecule has 0 aliphatic carbocycles. The lowest BCUT2D eigenvalue weighted by atomic mass is 10.1. The first-order valence-corrected chi connectivity index (χ1v) is 7.52. The summed E-state index contributed by atoms with van der Waals surface area (Å²) in [6.07, 6.45) is 5.51. The summed E-state index contributed by atoms with van der Waals surface area (Å²) < 4.78 is 0. The van der Waals surface area contributed by atoms with E-state index in [1.807, 2.05) is 12.1 Å². The number of anilines is 3. The number of hydrogen-bond donors (Lipinski definition) is 1. The van der Waals surface area contributed by atoms with Crippen molar-refractivity contribution in [1.29, 1.82) is 0 Å². The van der Waals surface area contributed by atoms with Gasteiger partial charge in [-0.3, -0.25) is 0 Å². The number of aromatic nitrogens is 3. The minimum Gasteiger partial charge on any atom is -0.355 e. The molecule has 0 unspecified atom stereocenters. The minimum atomic E-state index is 0.562. The molecular weight excluding hydrogens is 262 g/mol. The Morgan fingerprint density at radius 3 is 2.71 bits per heavy atom. The number of piperidine rings is 1. The van der Waals surface area contributed by atoms with Gasteiger partial charge in [0.1, 0.15) is 0 Å². The molecule has 1 aromatic heterocycles. The van der Waals surface area contributed by atoms with E-state index in [0.29, 0.717) is 5.95 Å². The summed E-state index contributed by atoms with van der Waals surface area (Å²) >= 11 is 0. The van der Waals surface area contributed by atoms with Crippen molar-refractivity contribution in [2.75, 3.05) is 23.3 Å². The van der Waals surface area contributed by atoms with Gasteiger partial charge in [-0.05, 0) is 50.3 Å². The lowest BCUT2D eigenvalue weighted by Gasteiger charge is -2.27. The molecule has 1 aliphatic heterocycles. The van der Waals surface area contributed by atoms with E-state index in [1.165, 1.54) is 30.4 Å². The van der Waals surface area contributed by atoms with E-state index < -0.39 is 0 Å². The Balaban J connectivity index is 1.81. The maximum atomic E-state index is 4.60. The molecule has 1 aliphatic rings. The number of aryl methyl sites for hydroxylation is 1. The Morgan fingerprint density at radius 2 is 1.90 bits per heavy atom. The summed E-state index contributed by atoms with van der Waals surface area (Å²) in [5.74, 6) is 1.48. The Hall–Kier alpha value is -2.17. The summed E-state index contributed by atoms with van der Waals surface area (Å²) in [6, 6.07) is 6.18. The van der Waals surface area contributed by atoms with Crippen LogP contribution in [0, 0.1) is 13.8 Å². The lowest BCUT2D eigenvalue weighted by Crippen LogP contribution is -2.30. The molecule has 21 heavy (non-hydrogen) atoms. The highest BCUT2D eigenvalue weighted by atomic mass is 15.3. The van der Waals surface area contributed by atoms with E-state index in [9.17, 15) is 0 Å². The second-order valence-electron chi connectivity index (χ2n) is 5.56. The average molecular weight is 283 g/mol. The summed E-state index contributed by atoms with van der Waals surface area (Å²) in [5, 5.41) is 11.5. The molecule has 1 saturated heterocycles. The van der Waals surface area contributed by atoms with Crippen LogP contribution in [0.1, 0.15) is 30.4 Å². The molecule has 0 saturated carbocycles. The molecule has 110 valence electrons. The zero-order chi connectivity index (χ0) is 14.7. The van der Waals surface area contributed by atoms with Gasteiger partial charge in [-0.2, -0.15) is 10.1 Å². The van der Waals surface area contributed by atoms with Crippen LogP contribution < -0.4 is 10.2 Å². The lowest BCUT2D eigenvalue weighted by molar-refractivity contribution is 0.572. The van der Waals surface area contributed by atoms with Crippen LogP contribution in [0.2, 0.25) is 0 Å². The van der Waals surface area contributed by atoms with E-state index in [-0.39, 0.29) is 0 Å². The van der Waals surface area contributed by atoms with Gasteiger partial charge >= 0.3 is 0 Å². The fourth-order valence-electron chi connectivity index (χ4n) is 2.63. The van der Waals surface area contributed by atoms with Crippen molar-refractivity contribution in [2.45, 2.75) is 33.1 Å². The van der Waals surface area contributed by atoms with Crippen molar-refractivity contribution in [2.24, 2.45) is 0 Å². The summed E-state index contributed by atoms with van der Waals surface area (Å²) in [6.45, 7) is 6.31. The van der Waals surface area contributed by atoms with Crippen LogP contribution in [0.25, 0.3) is 0 Å². The standard InChI is InChI=1S/C16H21N5/c1-12-7-6-8-14(13(12)2)18-16-19-15(11-17-20-16)21-9-4-3-5-10-21/h6-8,11H,3-5,9-10H2,1-2H3,(H,18,19,20). The van der Waals surface area contributed by atoms with Crippen LogP contribution in [0.5, 0.6) is 0 Å². The van der Waals surface area contributed by atoms with Gasteiger partial charge in [0.2, 0.25) is 5.95 Å². The minimum absolute atomic E-state index is 0.562. The molecule has 5 nitrogen and oxygen atoms in total. The third kappa shape index (κ3) is 3.12. The Bertz CT molecular complexity index is 620. The first kappa shape index (κ1) is 13.8. The van der Waals surface area contributed by atoms with Crippen LogP contribution in [0.15, 0.2) is 24.4 Å². The molecule has 0 bridgehead atoms. The zero-order valence-corrected chi connectivity index (χ0v) is 12.6. The molecule has 1 aromatic carbocycles. The highest BCUT2D eigenvalue weighted by Crippen LogP contribution is 2.22. The van der Waals surface area contributed by atoms with Crippen LogP contribution >= 0.6 is 0 Å². The van der Waals surface area contributed by atoms with Gasteiger partial charge in [0.05, 0.1) is 6.20 Å². The maximum Gasteiger partial charge on any atom is 0.249 e. The second kappa shape index (κ2) is 6.08. The van der Waals surface area contributed by atoms with Crippen molar-refractivity contribution in [3.63, 3.8) is 0 Å². The topological polar surface area (TPSA) is 53.9 Å². The van der Waals surface area contributed by atoms with Crippen molar-refractivity contribution in [1.82, 2.24) is 15.2 Å². The average Bonchev–Trinajstić information content (AvgIpc) is 2.53. The largest absolute Gasteiger partial charge is 0.355 e. The number of rotatable bonds is 3. The Morgan fingerprint density at radius 1 is 1.10 bits per heavy atom. The fraction of sp³-hybridized carbons (Fsp3) is 0.438.